The molecule has 2 rings (SSSR count). The maximum Gasteiger partial charge on any atom is 0.216 e. The number of nitriles is 1. The van der Waals surface area contributed by atoms with Gasteiger partial charge in [0.1, 0.15) is 0 Å². The highest BCUT2D eigenvalue weighted by atomic mass is 32.2. The molecule has 6 heteroatoms. The second kappa shape index (κ2) is 7.91. The van der Waals surface area contributed by atoms with Crippen molar-refractivity contribution in [2.24, 2.45) is 5.92 Å². The van der Waals surface area contributed by atoms with Gasteiger partial charge in [-0.2, -0.15) is 5.26 Å². The Hall–Kier alpha value is -1.42. The van der Waals surface area contributed by atoms with E-state index in [1.165, 1.54) is 12.8 Å². The lowest BCUT2D eigenvalue weighted by Crippen LogP contribution is -2.45. The Bertz CT molecular complexity index is 667. The van der Waals surface area contributed by atoms with Crippen LogP contribution in [0.3, 0.4) is 0 Å². The van der Waals surface area contributed by atoms with Crippen molar-refractivity contribution >= 4 is 10.0 Å². The maximum atomic E-state index is 12.3. The van der Waals surface area contributed by atoms with Crippen LogP contribution < -0.4 is 4.72 Å². The molecule has 5 nitrogen and oxygen atoms in total. The molecule has 0 bridgehead atoms. The second-order valence-electron chi connectivity index (χ2n) is 6.60. The molecule has 0 amide bonds. The molecule has 2 atom stereocenters. The number of hydrogen-bond acceptors (Lipinski definition) is 4. The molecule has 1 aliphatic rings. The first kappa shape index (κ1) is 17.9. The summed E-state index contributed by atoms with van der Waals surface area (Å²) in [5.74, 6) is 0.588. The van der Waals surface area contributed by atoms with Crippen molar-refractivity contribution < 1.29 is 8.42 Å². The molecule has 0 saturated carbocycles. The number of sulfonamides is 1. The SMILES string of the molecule is C[C@@H]1CCCN(C[C@@H](C)NS(=O)(=O)Cc2cccc(C#N)c2)C1. The normalized spacial score (nSPS) is 20.8. The molecule has 0 radical (unpaired) electrons. The number of likely N-dealkylation sites (tertiary alicyclic amines) is 1. The average molecular weight is 335 g/mol. The zero-order chi connectivity index (χ0) is 16.9. The summed E-state index contributed by atoms with van der Waals surface area (Å²) < 4.78 is 27.4. The second-order valence-corrected chi connectivity index (χ2v) is 8.35. The van der Waals surface area contributed by atoms with Gasteiger partial charge in [-0.25, -0.2) is 13.1 Å². The van der Waals surface area contributed by atoms with E-state index in [1.54, 1.807) is 24.3 Å². The third-order valence-corrected chi connectivity index (χ3v) is 5.54. The van der Waals surface area contributed by atoms with Gasteiger partial charge in [-0.05, 0) is 49.9 Å². The van der Waals surface area contributed by atoms with Crippen LogP contribution in [0.15, 0.2) is 24.3 Å². The zero-order valence-corrected chi connectivity index (χ0v) is 14.6. The summed E-state index contributed by atoms with van der Waals surface area (Å²) in [5, 5.41) is 8.89. The van der Waals surface area contributed by atoms with Crippen molar-refractivity contribution in [3.63, 3.8) is 0 Å². The number of benzene rings is 1. The van der Waals surface area contributed by atoms with Gasteiger partial charge in [0.25, 0.3) is 0 Å². The molecular weight excluding hydrogens is 310 g/mol. The van der Waals surface area contributed by atoms with E-state index in [4.69, 9.17) is 5.26 Å². The number of piperidine rings is 1. The highest BCUT2D eigenvalue weighted by Crippen LogP contribution is 2.15. The van der Waals surface area contributed by atoms with Crippen LogP contribution in [0.2, 0.25) is 0 Å². The van der Waals surface area contributed by atoms with Crippen LogP contribution in [-0.2, 0) is 15.8 Å². The van der Waals surface area contributed by atoms with Crippen molar-refractivity contribution in [1.82, 2.24) is 9.62 Å². The molecule has 126 valence electrons. The van der Waals surface area contributed by atoms with Gasteiger partial charge in [-0.1, -0.05) is 19.1 Å². The monoisotopic (exact) mass is 335 g/mol. The topological polar surface area (TPSA) is 73.2 Å². The third-order valence-electron chi connectivity index (χ3n) is 4.07. The molecule has 0 spiro atoms. The molecule has 1 fully saturated rings. The lowest BCUT2D eigenvalue weighted by Gasteiger charge is -2.32. The predicted octanol–water partition coefficient (Wildman–Crippen LogP) is 2.10. The van der Waals surface area contributed by atoms with E-state index in [-0.39, 0.29) is 11.8 Å². The maximum absolute atomic E-state index is 12.3. The Morgan fingerprint density at radius 3 is 2.96 bits per heavy atom. The molecule has 0 unspecified atom stereocenters. The smallest absolute Gasteiger partial charge is 0.216 e. The van der Waals surface area contributed by atoms with Crippen molar-refractivity contribution in [2.75, 3.05) is 19.6 Å². The minimum atomic E-state index is -3.41. The van der Waals surface area contributed by atoms with E-state index in [0.717, 1.165) is 19.6 Å². The van der Waals surface area contributed by atoms with Crippen LogP contribution in [0.5, 0.6) is 0 Å². The predicted molar refractivity (Wildman–Crippen MR) is 91.2 cm³/mol. The molecular formula is C17H25N3O2S. The molecule has 1 aromatic rings. The fraction of sp³-hybridized carbons (Fsp3) is 0.588. The summed E-state index contributed by atoms with van der Waals surface area (Å²) in [6, 6.07) is 8.64. The summed E-state index contributed by atoms with van der Waals surface area (Å²) in [7, 11) is -3.41. The fourth-order valence-corrected chi connectivity index (χ4v) is 4.56. The van der Waals surface area contributed by atoms with Gasteiger partial charge in [-0.3, -0.25) is 0 Å². The van der Waals surface area contributed by atoms with E-state index in [0.29, 0.717) is 17.0 Å². The van der Waals surface area contributed by atoms with Gasteiger partial charge in [0.15, 0.2) is 0 Å². The molecule has 1 heterocycles. The number of hydrogen-bond donors (Lipinski definition) is 1. The van der Waals surface area contributed by atoms with Gasteiger partial charge < -0.3 is 4.90 Å². The lowest BCUT2D eigenvalue weighted by molar-refractivity contribution is 0.174. The Morgan fingerprint density at radius 1 is 1.48 bits per heavy atom. The van der Waals surface area contributed by atoms with Crippen LogP contribution in [0.4, 0.5) is 0 Å². The largest absolute Gasteiger partial charge is 0.301 e. The highest BCUT2D eigenvalue weighted by molar-refractivity contribution is 7.88. The summed E-state index contributed by atoms with van der Waals surface area (Å²) in [4.78, 5) is 2.33. The number of rotatable bonds is 6. The molecule has 1 aliphatic heterocycles. The quantitative estimate of drug-likeness (QED) is 0.864. The van der Waals surface area contributed by atoms with Gasteiger partial charge in [0, 0.05) is 19.1 Å². The Kier molecular flexibility index (Phi) is 6.17. The summed E-state index contributed by atoms with van der Waals surface area (Å²) in [5.41, 5.74) is 1.11. The van der Waals surface area contributed by atoms with Crippen LogP contribution >= 0.6 is 0 Å². The molecule has 0 aliphatic carbocycles. The van der Waals surface area contributed by atoms with Gasteiger partial charge in [0.2, 0.25) is 10.0 Å². The fourth-order valence-electron chi connectivity index (χ4n) is 3.18. The summed E-state index contributed by atoms with van der Waals surface area (Å²) in [6.45, 7) is 6.96. The number of nitrogens with zero attached hydrogens (tertiary/aromatic N) is 2. The first-order valence-electron chi connectivity index (χ1n) is 8.09. The van der Waals surface area contributed by atoms with Crippen molar-refractivity contribution in [1.29, 1.82) is 5.26 Å². The standard InChI is InChI=1S/C17H25N3O2S/c1-14-5-4-8-20(11-14)12-15(2)19-23(21,22)13-17-7-3-6-16(9-17)10-18/h3,6-7,9,14-15,19H,4-5,8,11-13H2,1-2H3/t14-,15-/m1/s1. The van der Waals surface area contributed by atoms with Crippen molar-refractivity contribution in [2.45, 2.75) is 38.5 Å². The lowest BCUT2D eigenvalue weighted by atomic mass is 10.00. The van der Waals surface area contributed by atoms with Crippen LogP contribution in [0.1, 0.15) is 37.8 Å². The van der Waals surface area contributed by atoms with Gasteiger partial charge >= 0.3 is 0 Å². The molecule has 1 N–H and O–H groups in total. The minimum absolute atomic E-state index is 0.0940. The number of nitrogens with one attached hydrogen (secondary N) is 1. The first-order valence-corrected chi connectivity index (χ1v) is 9.74. The van der Waals surface area contributed by atoms with Crippen LogP contribution in [0.25, 0.3) is 0 Å². The van der Waals surface area contributed by atoms with Crippen LogP contribution in [-0.4, -0.2) is 39.0 Å². The Labute approximate surface area is 139 Å². The van der Waals surface area contributed by atoms with Gasteiger partial charge in [-0.15, -0.1) is 0 Å². The van der Waals surface area contributed by atoms with Crippen molar-refractivity contribution in [3.8, 4) is 6.07 Å². The third kappa shape index (κ3) is 5.94. The molecule has 1 aromatic carbocycles. The van der Waals surface area contributed by atoms with E-state index in [2.05, 4.69) is 16.5 Å². The van der Waals surface area contributed by atoms with Gasteiger partial charge in [0.05, 0.1) is 17.4 Å². The minimum Gasteiger partial charge on any atom is -0.301 e. The Morgan fingerprint density at radius 2 is 2.26 bits per heavy atom. The average Bonchev–Trinajstić information content (AvgIpc) is 2.46. The van der Waals surface area contributed by atoms with E-state index >= 15 is 0 Å². The molecule has 1 saturated heterocycles. The van der Waals surface area contributed by atoms with E-state index in [9.17, 15) is 8.42 Å². The van der Waals surface area contributed by atoms with E-state index in [1.807, 2.05) is 13.0 Å². The van der Waals surface area contributed by atoms with E-state index < -0.39 is 10.0 Å². The highest BCUT2D eigenvalue weighted by Gasteiger charge is 2.21. The Balaban J connectivity index is 1.90. The summed E-state index contributed by atoms with van der Waals surface area (Å²) >= 11 is 0. The van der Waals surface area contributed by atoms with Crippen LogP contribution in [0, 0.1) is 17.2 Å². The molecule has 23 heavy (non-hydrogen) atoms. The zero-order valence-electron chi connectivity index (χ0n) is 13.8. The van der Waals surface area contributed by atoms with Crippen molar-refractivity contribution in [3.05, 3.63) is 35.4 Å². The summed E-state index contributed by atoms with van der Waals surface area (Å²) in [6.07, 6.45) is 2.44. The molecule has 0 aromatic heterocycles. The first-order chi connectivity index (χ1) is 10.9.